The summed E-state index contributed by atoms with van der Waals surface area (Å²) in [5.41, 5.74) is 0.160. The Kier molecular flexibility index (Phi) is 4.54. The zero-order valence-corrected chi connectivity index (χ0v) is 11.7. The summed E-state index contributed by atoms with van der Waals surface area (Å²) in [6, 6.07) is 7.24. The number of nitro benzene ring substituents is 1. The highest BCUT2D eigenvalue weighted by atomic mass is 32.2. The van der Waals surface area contributed by atoms with Gasteiger partial charge in [-0.3, -0.25) is 10.1 Å². The average Bonchev–Trinajstić information content (AvgIpc) is 2.41. The molecule has 1 atom stereocenters. The number of benzene rings is 2. The number of hydrogen-bond donors (Lipinski definition) is 1. The Hall–Kier alpha value is -1.99. The molecule has 21 heavy (non-hydrogen) atoms. The van der Waals surface area contributed by atoms with Gasteiger partial charge >= 0.3 is 0 Å². The second-order valence-electron chi connectivity index (χ2n) is 4.34. The van der Waals surface area contributed by atoms with Crippen molar-refractivity contribution in [3.8, 4) is 0 Å². The van der Waals surface area contributed by atoms with Gasteiger partial charge < -0.3 is 5.11 Å². The molecule has 0 aliphatic heterocycles. The normalized spacial score (nSPS) is 12.2. The summed E-state index contributed by atoms with van der Waals surface area (Å²) in [5, 5.41) is 20.5. The molecule has 2 aromatic carbocycles. The van der Waals surface area contributed by atoms with Crippen molar-refractivity contribution in [1.29, 1.82) is 0 Å². The number of nitrogens with zero attached hydrogens (tertiary/aromatic N) is 1. The van der Waals surface area contributed by atoms with Crippen LogP contribution in [0.5, 0.6) is 0 Å². The monoisotopic (exact) mass is 311 g/mol. The summed E-state index contributed by atoms with van der Waals surface area (Å²) in [6.07, 6.45) is -0.842. The van der Waals surface area contributed by atoms with E-state index in [2.05, 4.69) is 0 Å². The Morgan fingerprint density at radius 1 is 1.19 bits per heavy atom. The summed E-state index contributed by atoms with van der Waals surface area (Å²) in [6.45, 7) is 1.49. The molecular weight excluding hydrogens is 300 g/mol. The molecule has 0 heterocycles. The molecular formula is C14H11F2NO3S. The van der Waals surface area contributed by atoms with Crippen LogP contribution in [-0.4, -0.2) is 10.0 Å². The first-order valence-corrected chi connectivity index (χ1v) is 6.79. The minimum atomic E-state index is -0.842. The predicted octanol–water partition coefficient (Wildman–Crippen LogP) is 4.08. The van der Waals surface area contributed by atoms with Crippen LogP contribution < -0.4 is 0 Å². The van der Waals surface area contributed by atoms with E-state index >= 15 is 0 Å². The van der Waals surface area contributed by atoms with Crippen molar-refractivity contribution in [3.05, 3.63) is 63.7 Å². The Labute approximate surface area is 123 Å². The largest absolute Gasteiger partial charge is 0.389 e. The van der Waals surface area contributed by atoms with Crippen LogP contribution in [0.2, 0.25) is 0 Å². The molecule has 2 rings (SSSR count). The van der Waals surface area contributed by atoms with Crippen LogP contribution in [0, 0.1) is 21.7 Å². The van der Waals surface area contributed by atoms with E-state index in [0.29, 0.717) is 5.56 Å². The predicted molar refractivity (Wildman–Crippen MR) is 74.2 cm³/mol. The molecule has 0 aromatic heterocycles. The van der Waals surface area contributed by atoms with Crippen molar-refractivity contribution in [1.82, 2.24) is 0 Å². The van der Waals surface area contributed by atoms with E-state index in [0.717, 1.165) is 23.9 Å². The van der Waals surface area contributed by atoms with Gasteiger partial charge in [0, 0.05) is 17.0 Å². The van der Waals surface area contributed by atoms with Crippen molar-refractivity contribution in [2.45, 2.75) is 22.8 Å². The average molecular weight is 311 g/mol. The van der Waals surface area contributed by atoms with Crippen molar-refractivity contribution >= 4 is 17.4 Å². The Bertz CT molecular complexity index is 692. The fourth-order valence-corrected chi connectivity index (χ4v) is 2.60. The quantitative estimate of drug-likeness (QED) is 0.682. The van der Waals surface area contributed by atoms with Gasteiger partial charge in [0.25, 0.3) is 5.69 Å². The van der Waals surface area contributed by atoms with E-state index in [9.17, 15) is 24.0 Å². The molecule has 0 radical (unpaired) electrons. The first-order chi connectivity index (χ1) is 9.88. The standard InChI is InChI=1S/C14H11F2NO3S/c1-8(18)9-2-4-14(12(6-9)17(19)20)21-13-5-3-10(15)7-11(13)16/h2-8,18H,1H3. The lowest BCUT2D eigenvalue weighted by Crippen LogP contribution is -1.96. The minimum absolute atomic E-state index is 0.0873. The molecule has 7 heteroatoms. The molecule has 110 valence electrons. The first-order valence-electron chi connectivity index (χ1n) is 5.98. The molecule has 2 aromatic rings. The molecule has 0 saturated heterocycles. The maximum atomic E-state index is 13.6. The van der Waals surface area contributed by atoms with Gasteiger partial charge in [-0.1, -0.05) is 17.8 Å². The van der Waals surface area contributed by atoms with Crippen molar-refractivity contribution in [3.63, 3.8) is 0 Å². The third-order valence-electron chi connectivity index (χ3n) is 2.78. The van der Waals surface area contributed by atoms with Crippen LogP contribution in [0.1, 0.15) is 18.6 Å². The highest BCUT2D eigenvalue weighted by Crippen LogP contribution is 2.37. The highest BCUT2D eigenvalue weighted by molar-refractivity contribution is 7.99. The lowest BCUT2D eigenvalue weighted by molar-refractivity contribution is -0.387. The second-order valence-corrected chi connectivity index (χ2v) is 5.42. The third-order valence-corrected chi connectivity index (χ3v) is 3.89. The van der Waals surface area contributed by atoms with Gasteiger partial charge in [-0.15, -0.1) is 0 Å². The highest BCUT2D eigenvalue weighted by Gasteiger charge is 2.18. The van der Waals surface area contributed by atoms with Crippen molar-refractivity contribution < 1.29 is 18.8 Å². The lowest BCUT2D eigenvalue weighted by Gasteiger charge is -2.08. The molecule has 4 nitrogen and oxygen atoms in total. The summed E-state index contributed by atoms with van der Waals surface area (Å²) in [7, 11) is 0. The number of rotatable bonds is 4. The number of nitro groups is 1. The summed E-state index contributed by atoms with van der Waals surface area (Å²) >= 11 is 0.833. The topological polar surface area (TPSA) is 63.4 Å². The maximum absolute atomic E-state index is 13.6. The lowest BCUT2D eigenvalue weighted by atomic mass is 10.1. The number of hydrogen-bond acceptors (Lipinski definition) is 4. The molecule has 1 N–H and O–H groups in total. The van der Waals surface area contributed by atoms with Crippen molar-refractivity contribution in [2.75, 3.05) is 0 Å². The van der Waals surface area contributed by atoms with Crippen LogP contribution in [0.3, 0.4) is 0 Å². The second kappa shape index (κ2) is 6.19. The van der Waals surface area contributed by atoms with Gasteiger partial charge in [0.15, 0.2) is 0 Å². The van der Waals surface area contributed by atoms with Gasteiger partial charge in [-0.2, -0.15) is 0 Å². The van der Waals surface area contributed by atoms with Gasteiger partial charge in [0.05, 0.1) is 15.9 Å². The van der Waals surface area contributed by atoms with Crippen molar-refractivity contribution in [2.24, 2.45) is 0 Å². The molecule has 0 amide bonds. The van der Waals surface area contributed by atoms with E-state index in [4.69, 9.17) is 0 Å². The van der Waals surface area contributed by atoms with Crippen LogP contribution in [0.4, 0.5) is 14.5 Å². The number of aliphatic hydroxyl groups is 1. The first kappa shape index (κ1) is 15.4. The van der Waals surface area contributed by atoms with E-state index in [1.54, 1.807) is 0 Å². The maximum Gasteiger partial charge on any atom is 0.283 e. The number of halogens is 2. The molecule has 0 spiro atoms. The van der Waals surface area contributed by atoms with E-state index in [1.807, 2.05) is 0 Å². The number of aliphatic hydroxyl groups excluding tert-OH is 1. The van der Waals surface area contributed by atoms with Gasteiger partial charge in [0.2, 0.25) is 0 Å². The Morgan fingerprint density at radius 3 is 2.43 bits per heavy atom. The Morgan fingerprint density at radius 2 is 1.86 bits per heavy atom. The van der Waals surface area contributed by atoms with Gasteiger partial charge in [-0.05, 0) is 30.7 Å². The molecule has 0 aliphatic carbocycles. The minimum Gasteiger partial charge on any atom is -0.389 e. The third kappa shape index (κ3) is 3.56. The van der Waals surface area contributed by atoms with Crippen LogP contribution in [0.25, 0.3) is 0 Å². The fraction of sp³-hybridized carbons (Fsp3) is 0.143. The summed E-state index contributed by atoms with van der Waals surface area (Å²) in [4.78, 5) is 10.8. The van der Waals surface area contributed by atoms with Gasteiger partial charge in [0.1, 0.15) is 11.6 Å². The molecule has 0 saturated carbocycles. The van der Waals surface area contributed by atoms with E-state index in [1.165, 1.54) is 31.2 Å². The summed E-state index contributed by atoms with van der Waals surface area (Å²) < 4.78 is 26.5. The molecule has 0 aliphatic rings. The molecule has 0 bridgehead atoms. The van der Waals surface area contributed by atoms with Gasteiger partial charge in [-0.25, -0.2) is 8.78 Å². The van der Waals surface area contributed by atoms with E-state index in [-0.39, 0.29) is 15.5 Å². The zero-order chi connectivity index (χ0) is 15.6. The zero-order valence-electron chi connectivity index (χ0n) is 10.9. The molecule has 1 unspecified atom stereocenters. The van der Waals surface area contributed by atoms with Crippen LogP contribution >= 0.6 is 11.8 Å². The van der Waals surface area contributed by atoms with Crippen LogP contribution in [-0.2, 0) is 0 Å². The Balaban J connectivity index is 2.41. The van der Waals surface area contributed by atoms with E-state index < -0.39 is 22.7 Å². The molecule has 0 fully saturated rings. The SMILES string of the molecule is CC(O)c1ccc(Sc2ccc(F)cc2F)c([N+](=O)[O-])c1. The van der Waals surface area contributed by atoms with Crippen LogP contribution in [0.15, 0.2) is 46.2 Å². The fourth-order valence-electron chi connectivity index (χ4n) is 1.70. The summed E-state index contributed by atoms with van der Waals surface area (Å²) in [5.74, 6) is -1.50. The smallest absolute Gasteiger partial charge is 0.283 e.